The van der Waals surface area contributed by atoms with Crippen molar-refractivity contribution in [3.05, 3.63) is 30.1 Å². The van der Waals surface area contributed by atoms with Gasteiger partial charge < -0.3 is 19.5 Å². The summed E-state index contributed by atoms with van der Waals surface area (Å²) in [6.45, 7) is 5.09. The van der Waals surface area contributed by atoms with E-state index in [0.29, 0.717) is 26.1 Å². The second kappa shape index (κ2) is 7.54. The number of morpholine rings is 1. The largest absolute Gasteiger partial charge is 0.385 e. The molecule has 6 rings (SSSR count). The van der Waals surface area contributed by atoms with Gasteiger partial charge >= 0.3 is 0 Å². The number of ether oxygens (including phenoxy) is 2. The molecule has 1 atom stereocenters. The number of rotatable bonds is 3. The molecule has 1 saturated carbocycles. The molecule has 0 amide bonds. The first-order chi connectivity index (χ1) is 15.6. The van der Waals surface area contributed by atoms with E-state index in [9.17, 15) is 5.11 Å². The second-order valence-corrected chi connectivity index (χ2v) is 9.55. The van der Waals surface area contributed by atoms with Crippen LogP contribution >= 0.6 is 0 Å². The Hall–Kier alpha value is -2.49. The van der Waals surface area contributed by atoms with E-state index in [1.807, 2.05) is 12.3 Å². The standard InChI is InChI=1S/C23H30N6O3/c1-16-15-31-12-10-28(16)20-13-18(23(30)7-5-22(6-8-23)4-2-11-32-22)17-14-25-29(21(17)26-20)19-3-9-24-27-19/h3,9,13-14,16,30H,2,4-8,10-12,15H2,1H3,(H,24,27)/t16-,22?,23?/m1/s1. The molecule has 1 aliphatic carbocycles. The maximum absolute atomic E-state index is 11.9. The smallest absolute Gasteiger partial charge is 0.167 e. The summed E-state index contributed by atoms with van der Waals surface area (Å²) in [5, 5.41) is 24.5. The first-order valence-corrected chi connectivity index (χ1v) is 11.7. The van der Waals surface area contributed by atoms with Crippen LogP contribution in [0.4, 0.5) is 5.82 Å². The third-order valence-corrected chi connectivity index (χ3v) is 7.58. The highest BCUT2D eigenvalue weighted by atomic mass is 16.5. The Morgan fingerprint density at radius 1 is 1.19 bits per heavy atom. The molecule has 170 valence electrons. The van der Waals surface area contributed by atoms with Crippen molar-refractivity contribution in [1.82, 2.24) is 25.0 Å². The monoisotopic (exact) mass is 438 g/mol. The van der Waals surface area contributed by atoms with E-state index in [2.05, 4.69) is 33.2 Å². The molecule has 0 unspecified atom stereocenters. The number of hydrogen-bond donors (Lipinski definition) is 2. The van der Waals surface area contributed by atoms with E-state index in [1.54, 1.807) is 10.9 Å². The van der Waals surface area contributed by atoms with Crippen LogP contribution in [0.25, 0.3) is 16.9 Å². The van der Waals surface area contributed by atoms with Crippen LogP contribution in [0.5, 0.6) is 0 Å². The van der Waals surface area contributed by atoms with Crippen molar-refractivity contribution in [2.45, 2.75) is 62.7 Å². The lowest BCUT2D eigenvalue weighted by Gasteiger charge is -2.42. The average Bonchev–Trinajstić information content (AvgIpc) is 3.57. The van der Waals surface area contributed by atoms with Crippen molar-refractivity contribution in [1.29, 1.82) is 0 Å². The van der Waals surface area contributed by atoms with E-state index < -0.39 is 5.60 Å². The number of H-pyrrole nitrogens is 1. The third kappa shape index (κ3) is 3.22. The summed E-state index contributed by atoms with van der Waals surface area (Å²) in [4.78, 5) is 7.28. The number of aromatic amines is 1. The number of nitrogens with one attached hydrogen (secondary N) is 1. The van der Waals surface area contributed by atoms with Gasteiger partial charge in [-0.3, -0.25) is 5.10 Å². The Morgan fingerprint density at radius 3 is 2.78 bits per heavy atom. The van der Waals surface area contributed by atoms with Gasteiger partial charge in [0.15, 0.2) is 11.5 Å². The van der Waals surface area contributed by atoms with Gasteiger partial charge in [-0.05, 0) is 57.1 Å². The summed E-state index contributed by atoms with van der Waals surface area (Å²) >= 11 is 0. The van der Waals surface area contributed by atoms with Gasteiger partial charge in [0.05, 0.1) is 42.9 Å². The molecule has 3 fully saturated rings. The third-order valence-electron chi connectivity index (χ3n) is 7.58. The van der Waals surface area contributed by atoms with Gasteiger partial charge in [0.1, 0.15) is 5.82 Å². The van der Waals surface area contributed by atoms with Crippen LogP contribution in [0.2, 0.25) is 0 Å². The molecular formula is C23H30N6O3. The molecule has 0 aromatic carbocycles. The van der Waals surface area contributed by atoms with Crippen LogP contribution in [0.3, 0.4) is 0 Å². The average molecular weight is 439 g/mol. The van der Waals surface area contributed by atoms with Crippen LogP contribution in [-0.4, -0.2) is 68.1 Å². The molecule has 3 aromatic heterocycles. The second-order valence-electron chi connectivity index (χ2n) is 9.55. The topological polar surface area (TPSA) is 101 Å². The van der Waals surface area contributed by atoms with Gasteiger partial charge in [0, 0.05) is 24.6 Å². The van der Waals surface area contributed by atoms with E-state index in [0.717, 1.165) is 67.1 Å². The zero-order valence-corrected chi connectivity index (χ0v) is 18.5. The zero-order chi connectivity index (χ0) is 21.8. The molecule has 3 aromatic rings. The van der Waals surface area contributed by atoms with E-state index in [-0.39, 0.29) is 11.6 Å². The minimum atomic E-state index is -0.926. The lowest BCUT2D eigenvalue weighted by molar-refractivity contribution is -0.0935. The minimum absolute atomic E-state index is 0.0416. The Morgan fingerprint density at radius 2 is 2.06 bits per heavy atom. The van der Waals surface area contributed by atoms with Crippen LogP contribution < -0.4 is 4.90 Å². The van der Waals surface area contributed by atoms with Crippen molar-refractivity contribution < 1.29 is 14.6 Å². The van der Waals surface area contributed by atoms with Crippen molar-refractivity contribution in [3.8, 4) is 5.82 Å². The normalized spacial score (nSPS) is 31.1. The molecule has 5 heterocycles. The molecule has 2 saturated heterocycles. The Labute approximate surface area is 186 Å². The molecule has 9 nitrogen and oxygen atoms in total. The Balaban J connectivity index is 1.46. The van der Waals surface area contributed by atoms with Gasteiger partial charge in [0.2, 0.25) is 0 Å². The van der Waals surface area contributed by atoms with E-state index >= 15 is 0 Å². The predicted molar refractivity (Wildman–Crippen MR) is 119 cm³/mol. The van der Waals surface area contributed by atoms with Gasteiger partial charge in [-0.15, -0.1) is 0 Å². The number of anilines is 1. The molecule has 0 bridgehead atoms. The van der Waals surface area contributed by atoms with Crippen molar-refractivity contribution in [2.75, 3.05) is 31.3 Å². The number of nitrogens with zero attached hydrogens (tertiary/aromatic N) is 5. The van der Waals surface area contributed by atoms with Crippen LogP contribution in [0.1, 0.15) is 51.0 Å². The highest BCUT2D eigenvalue weighted by molar-refractivity contribution is 5.83. The predicted octanol–water partition coefficient (Wildman–Crippen LogP) is 2.68. The fraction of sp³-hybridized carbons (Fsp3) is 0.609. The minimum Gasteiger partial charge on any atom is -0.385 e. The van der Waals surface area contributed by atoms with Gasteiger partial charge in [-0.25, -0.2) is 4.98 Å². The van der Waals surface area contributed by atoms with Gasteiger partial charge in [-0.1, -0.05) is 0 Å². The Kier molecular flexibility index (Phi) is 4.74. The summed E-state index contributed by atoms with van der Waals surface area (Å²) in [5.74, 6) is 1.61. The van der Waals surface area contributed by atoms with Crippen LogP contribution in [0.15, 0.2) is 24.5 Å². The SMILES string of the molecule is C[C@@H]1COCCN1c1cc(C2(O)CCC3(CCCO3)CC2)c2cnn(-c3ccn[nH]3)c2n1. The van der Waals surface area contributed by atoms with Gasteiger partial charge in [-0.2, -0.15) is 14.9 Å². The van der Waals surface area contributed by atoms with E-state index in [1.165, 1.54) is 0 Å². The fourth-order valence-electron chi connectivity index (χ4n) is 5.67. The highest BCUT2D eigenvalue weighted by Gasteiger charge is 2.46. The zero-order valence-electron chi connectivity index (χ0n) is 18.5. The number of pyridine rings is 1. The Bertz CT molecular complexity index is 1090. The summed E-state index contributed by atoms with van der Waals surface area (Å²) in [5.41, 5.74) is 0.672. The van der Waals surface area contributed by atoms with E-state index in [4.69, 9.17) is 14.5 Å². The molecular weight excluding hydrogens is 408 g/mol. The van der Waals surface area contributed by atoms with Gasteiger partial charge in [0.25, 0.3) is 0 Å². The molecule has 9 heteroatoms. The van der Waals surface area contributed by atoms with Crippen molar-refractivity contribution in [2.24, 2.45) is 0 Å². The fourth-order valence-corrected chi connectivity index (χ4v) is 5.67. The van der Waals surface area contributed by atoms with Crippen molar-refractivity contribution in [3.63, 3.8) is 0 Å². The quantitative estimate of drug-likeness (QED) is 0.648. The maximum atomic E-state index is 11.9. The molecule has 2 aliphatic heterocycles. The lowest BCUT2D eigenvalue weighted by atomic mass is 9.71. The number of hydrogen-bond acceptors (Lipinski definition) is 7. The van der Waals surface area contributed by atoms with Crippen LogP contribution in [0, 0.1) is 0 Å². The first-order valence-electron chi connectivity index (χ1n) is 11.7. The summed E-state index contributed by atoms with van der Waals surface area (Å²) in [6, 6.07) is 4.16. The number of fused-ring (bicyclic) bond motifs is 1. The lowest BCUT2D eigenvalue weighted by Crippen LogP contribution is -2.44. The number of aromatic nitrogens is 5. The highest BCUT2D eigenvalue weighted by Crippen LogP contribution is 2.48. The molecule has 3 aliphatic rings. The number of aliphatic hydroxyl groups is 1. The molecule has 2 N–H and O–H groups in total. The van der Waals surface area contributed by atoms with Crippen LogP contribution in [-0.2, 0) is 15.1 Å². The molecule has 32 heavy (non-hydrogen) atoms. The molecule has 1 spiro atoms. The first kappa shape index (κ1) is 20.1. The summed E-state index contributed by atoms with van der Waals surface area (Å²) in [6.07, 6.45) is 8.86. The summed E-state index contributed by atoms with van der Waals surface area (Å²) in [7, 11) is 0. The van der Waals surface area contributed by atoms with Crippen molar-refractivity contribution >= 4 is 16.9 Å². The summed E-state index contributed by atoms with van der Waals surface area (Å²) < 4.78 is 13.5. The maximum Gasteiger partial charge on any atom is 0.167 e. The molecule has 0 radical (unpaired) electrons.